The zero-order valence-electron chi connectivity index (χ0n) is 11.8. The Balaban J connectivity index is 1.98. The van der Waals surface area contributed by atoms with Crippen LogP contribution < -0.4 is 10.6 Å². The van der Waals surface area contributed by atoms with Gasteiger partial charge in [-0.2, -0.15) is 0 Å². The minimum absolute atomic E-state index is 0.0574. The van der Waals surface area contributed by atoms with Crippen molar-refractivity contribution in [2.45, 2.75) is 0 Å². The molecule has 0 fully saturated rings. The first-order chi connectivity index (χ1) is 10.6. The summed E-state index contributed by atoms with van der Waals surface area (Å²) >= 11 is 0. The molecule has 0 aliphatic rings. The van der Waals surface area contributed by atoms with E-state index < -0.39 is 17.5 Å². The molecule has 116 valence electrons. The van der Waals surface area contributed by atoms with Crippen LogP contribution in [0, 0.1) is 11.6 Å². The largest absolute Gasteiger partial charge is 0.383 e. The molecule has 0 saturated heterocycles. The van der Waals surface area contributed by atoms with E-state index in [1.807, 2.05) is 0 Å². The summed E-state index contributed by atoms with van der Waals surface area (Å²) in [7, 11) is 1.58. The number of benzene rings is 1. The molecule has 2 N–H and O–H groups in total. The van der Waals surface area contributed by atoms with Crippen LogP contribution in [-0.4, -0.2) is 36.1 Å². The topological polar surface area (TPSA) is 76.1 Å². The molecule has 0 spiro atoms. The fourth-order valence-corrected chi connectivity index (χ4v) is 1.59. The Morgan fingerprint density at radius 3 is 2.68 bits per heavy atom. The molecule has 1 amide bonds. The Hall–Kier alpha value is -2.61. The second-order valence-corrected chi connectivity index (χ2v) is 4.29. The van der Waals surface area contributed by atoms with E-state index in [0.29, 0.717) is 19.0 Å². The van der Waals surface area contributed by atoms with Crippen LogP contribution in [0.5, 0.6) is 0 Å². The van der Waals surface area contributed by atoms with Gasteiger partial charge in [-0.1, -0.05) is 0 Å². The van der Waals surface area contributed by atoms with Crippen molar-refractivity contribution in [3.05, 3.63) is 47.9 Å². The van der Waals surface area contributed by atoms with Crippen LogP contribution in [0.2, 0.25) is 0 Å². The highest BCUT2D eigenvalue weighted by atomic mass is 19.2. The van der Waals surface area contributed by atoms with Gasteiger partial charge < -0.3 is 15.4 Å². The lowest BCUT2D eigenvalue weighted by Crippen LogP contribution is -2.15. The number of methoxy groups -OCH3 is 1. The van der Waals surface area contributed by atoms with E-state index in [4.69, 9.17) is 4.74 Å². The van der Waals surface area contributed by atoms with E-state index in [9.17, 15) is 13.6 Å². The van der Waals surface area contributed by atoms with E-state index in [1.165, 1.54) is 18.5 Å². The number of rotatable bonds is 6. The molecule has 0 aliphatic heterocycles. The number of ether oxygens (including phenoxy) is 1. The monoisotopic (exact) mass is 308 g/mol. The van der Waals surface area contributed by atoms with Crippen LogP contribution in [0.3, 0.4) is 0 Å². The Morgan fingerprint density at radius 1 is 1.23 bits per heavy atom. The van der Waals surface area contributed by atoms with E-state index in [2.05, 4.69) is 20.6 Å². The lowest BCUT2D eigenvalue weighted by Gasteiger charge is -2.06. The minimum atomic E-state index is -1.04. The summed E-state index contributed by atoms with van der Waals surface area (Å²) in [6, 6.07) is 3.07. The highest BCUT2D eigenvalue weighted by Crippen LogP contribution is 2.14. The SMILES string of the molecule is COCCNc1cnc(C(=O)Nc2ccc(F)c(F)c2)cn1. The number of carbonyl (C=O) groups excluding carboxylic acids is 1. The Kier molecular flexibility index (Phi) is 5.31. The van der Waals surface area contributed by atoms with Gasteiger partial charge in [-0.3, -0.25) is 4.79 Å². The maximum Gasteiger partial charge on any atom is 0.275 e. The first-order valence-electron chi connectivity index (χ1n) is 6.41. The molecule has 0 unspecified atom stereocenters. The van der Waals surface area contributed by atoms with Crippen molar-refractivity contribution in [2.75, 3.05) is 30.9 Å². The van der Waals surface area contributed by atoms with Crippen LogP contribution in [0.4, 0.5) is 20.3 Å². The van der Waals surface area contributed by atoms with Gasteiger partial charge in [-0.05, 0) is 12.1 Å². The summed E-state index contributed by atoms with van der Waals surface area (Å²) in [5.41, 5.74) is 0.190. The lowest BCUT2D eigenvalue weighted by atomic mass is 10.3. The first kappa shape index (κ1) is 15.8. The highest BCUT2D eigenvalue weighted by molar-refractivity contribution is 6.02. The Morgan fingerprint density at radius 2 is 2.05 bits per heavy atom. The number of nitrogens with one attached hydrogen (secondary N) is 2. The summed E-state index contributed by atoms with van der Waals surface area (Å²) in [6.45, 7) is 1.08. The molecule has 1 aromatic heterocycles. The zero-order chi connectivity index (χ0) is 15.9. The normalized spacial score (nSPS) is 10.3. The number of nitrogens with zero attached hydrogens (tertiary/aromatic N) is 2. The molecule has 0 atom stereocenters. The number of amides is 1. The standard InChI is InChI=1S/C14H14F2N4O2/c1-22-5-4-17-13-8-18-12(7-19-13)14(21)20-9-2-3-10(15)11(16)6-9/h2-3,6-8H,4-5H2,1H3,(H,17,19)(H,20,21). The van der Waals surface area contributed by atoms with Gasteiger partial charge in [-0.15, -0.1) is 0 Å². The van der Waals surface area contributed by atoms with Gasteiger partial charge >= 0.3 is 0 Å². The van der Waals surface area contributed by atoms with Gasteiger partial charge in [-0.25, -0.2) is 18.7 Å². The van der Waals surface area contributed by atoms with Gasteiger partial charge in [0.15, 0.2) is 11.6 Å². The van der Waals surface area contributed by atoms with E-state index in [0.717, 1.165) is 12.1 Å². The van der Waals surface area contributed by atoms with Crippen molar-refractivity contribution < 1.29 is 18.3 Å². The number of aromatic nitrogens is 2. The molecule has 0 bridgehead atoms. The van der Waals surface area contributed by atoms with Crippen molar-refractivity contribution in [3.8, 4) is 0 Å². The van der Waals surface area contributed by atoms with Gasteiger partial charge in [0, 0.05) is 25.4 Å². The van der Waals surface area contributed by atoms with Crippen LogP contribution in [0.25, 0.3) is 0 Å². The average molecular weight is 308 g/mol. The molecule has 8 heteroatoms. The fourth-order valence-electron chi connectivity index (χ4n) is 1.59. The van der Waals surface area contributed by atoms with E-state index in [-0.39, 0.29) is 11.4 Å². The second-order valence-electron chi connectivity index (χ2n) is 4.29. The van der Waals surface area contributed by atoms with Gasteiger partial charge in [0.25, 0.3) is 5.91 Å². The maximum atomic E-state index is 13.1. The molecule has 0 saturated carbocycles. The summed E-state index contributed by atoms with van der Waals surface area (Å²) in [6.07, 6.45) is 2.68. The van der Waals surface area contributed by atoms with Crippen LogP contribution in [0.1, 0.15) is 10.5 Å². The van der Waals surface area contributed by atoms with E-state index in [1.54, 1.807) is 7.11 Å². The highest BCUT2D eigenvalue weighted by Gasteiger charge is 2.10. The van der Waals surface area contributed by atoms with Crippen LogP contribution >= 0.6 is 0 Å². The molecule has 0 aliphatic carbocycles. The lowest BCUT2D eigenvalue weighted by molar-refractivity contribution is 0.102. The van der Waals surface area contributed by atoms with Crippen molar-refractivity contribution in [1.29, 1.82) is 0 Å². The molecular weight excluding hydrogens is 294 g/mol. The first-order valence-corrected chi connectivity index (χ1v) is 6.41. The summed E-state index contributed by atoms with van der Waals surface area (Å²) in [5, 5.41) is 5.36. The Labute approximate surface area is 125 Å². The number of hydrogen-bond acceptors (Lipinski definition) is 5. The van der Waals surface area contributed by atoms with Gasteiger partial charge in [0.1, 0.15) is 11.5 Å². The predicted octanol–water partition coefficient (Wildman–Crippen LogP) is 2.07. The third kappa shape index (κ3) is 4.19. The summed E-state index contributed by atoms with van der Waals surface area (Å²) < 4.78 is 30.7. The van der Waals surface area contributed by atoms with Crippen molar-refractivity contribution in [1.82, 2.24) is 9.97 Å². The molecule has 2 aromatic rings. The molecule has 1 heterocycles. The number of halogens is 2. The van der Waals surface area contributed by atoms with E-state index >= 15 is 0 Å². The molecule has 22 heavy (non-hydrogen) atoms. The third-order valence-corrected chi connectivity index (χ3v) is 2.67. The van der Waals surface area contributed by atoms with Crippen molar-refractivity contribution >= 4 is 17.4 Å². The van der Waals surface area contributed by atoms with Crippen molar-refractivity contribution in [2.24, 2.45) is 0 Å². The van der Waals surface area contributed by atoms with Gasteiger partial charge in [0.05, 0.1) is 19.0 Å². The van der Waals surface area contributed by atoms with Crippen molar-refractivity contribution in [3.63, 3.8) is 0 Å². The smallest absolute Gasteiger partial charge is 0.275 e. The molecule has 2 rings (SSSR count). The maximum absolute atomic E-state index is 13.1. The van der Waals surface area contributed by atoms with Gasteiger partial charge in [0.2, 0.25) is 0 Å². The predicted molar refractivity (Wildman–Crippen MR) is 76.7 cm³/mol. The third-order valence-electron chi connectivity index (χ3n) is 2.67. The molecule has 1 aromatic carbocycles. The minimum Gasteiger partial charge on any atom is -0.383 e. The summed E-state index contributed by atoms with van der Waals surface area (Å²) in [4.78, 5) is 19.9. The fraction of sp³-hybridized carbons (Fsp3) is 0.214. The second kappa shape index (κ2) is 7.41. The van der Waals surface area contributed by atoms with Crippen LogP contribution in [0.15, 0.2) is 30.6 Å². The number of anilines is 2. The quantitative estimate of drug-likeness (QED) is 0.799. The number of hydrogen-bond donors (Lipinski definition) is 2. The summed E-state index contributed by atoms with van der Waals surface area (Å²) in [5.74, 6) is -2.09. The zero-order valence-corrected chi connectivity index (χ0v) is 11.8. The van der Waals surface area contributed by atoms with Crippen LogP contribution in [-0.2, 0) is 4.74 Å². The average Bonchev–Trinajstić information content (AvgIpc) is 2.52. The molecule has 0 radical (unpaired) electrons. The Bertz CT molecular complexity index is 650. The molecular formula is C14H14F2N4O2. The molecule has 6 nitrogen and oxygen atoms in total. The number of carbonyl (C=O) groups is 1.